The molecule has 2 heterocycles. The summed E-state index contributed by atoms with van der Waals surface area (Å²) in [6.07, 6.45) is -5.36. The molecule has 2 fully saturated rings. The second-order valence-corrected chi connectivity index (χ2v) is 11.8. The van der Waals surface area contributed by atoms with Crippen molar-refractivity contribution in [2.45, 2.75) is 75.1 Å². The van der Waals surface area contributed by atoms with Crippen molar-refractivity contribution in [1.82, 2.24) is 0 Å². The highest BCUT2D eigenvalue weighted by molar-refractivity contribution is 5.17. The summed E-state index contributed by atoms with van der Waals surface area (Å²) in [4.78, 5) is 0. The van der Waals surface area contributed by atoms with E-state index in [0.29, 0.717) is 25.4 Å². The molecule has 2 aliphatic heterocycles. The smallest absolute Gasteiger partial charge is 0.186 e. The quantitative estimate of drug-likeness (QED) is 0.182. The van der Waals surface area contributed by atoms with Gasteiger partial charge in [0.05, 0.1) is 33.0 Å². The molecule has 3 aromatic rings. The van der Waals surface area contributed by atoms with E-state index >= 15 is 0 Å². The van der Waals surface area contributed by atoms with Crippen LogP contribution in [-0.4, -0.2) is 97.0 Å². The van der Waals surface area contributed by atoms with Crippen molar-refractivity contribution in [2.24, 2.45) is 0 Å². The Morgan fingerprint density at radius 2 is 1.02 bits per heavy atom. The van der Waals surface area contributed by atoms with Gasteiger partial charge in [-0.25, -0.2) is 0 Å². The van der Waals surface area contributed by atoms with Crippen LogP contribution in [0.5, 0.6) is 0 Å². The van der Waals surface area contributed by atoms with Crippen LogP contribution < -0.4 is 0 Å². The molecule has 48 heavy (non-hydrogen) atoms. The predicted molar refractivity (Wildman–Crippen MR) is 178 cm³/mol. The summed E-state index contributed by atoms with van der Waals surface area (Å²) in [6, 6.07) is 29.9. The molecular weight excluding hydrogens is 616 g/mol. The summed E-state index contributed by atoms with van der Waals surface area (Å²) in [6.45, 7) is 5.59. The average Bonchev–Trinajstić information content (AvgIpc) is 3.13. The Labute approximate surface area is 283 Å². The lowest BCUT2D eigenvalue weighted by Gasteiger charge is -2.46. The molecule has 10 nitrogen and oxygen atoms in total. The third-order valence-corrected chi connectivity index (χ3v) is 8.58. The first-order chi connectivity index (χ1) is 23.6. The van der Waals surface area contributed by atoms with Gasteiger partial charge >= 0.3 is 0 Å². The van der Waals surface area contributed by atoms with Crippen molar-refractivity contribution in [3.8, 4) is 0 Å². The molecule has 0 aromatic heterocycles. The topological polar surface area (TPSA) is 92.3 Å². The lowest BCUT2D eigenvalue weighted by atomic mass is 9.96. The van der Waals surface area contributed by atoms with Crippen molar-refractivity contribution >= 4 is 0 Å². The molecule has 0 saturated carbocycles. The molecule has 2 aliphatic rings. The minimum Gasteiger partial charge on any atom is -0.382 e. The molecule has 3 aromatic carbocycles. The van der Waals surface area contributed by atoms with Crippen molar-refractivity contribution in [2.75, 3.05) is 41.7 Å². The van der Waals surface area contributed by atoms with Crippen LogP contribution in [0.15, 0.2) is 103 Å². The van der Waals surface area contributed by atoms with E-state index < -0.39 is 55.3 Å². The zero-order valence-corrected chi connectivity index (χ0v) is 28.2. The second-order valence-electron chi connectivity index (χ2n) is 11.8. The number of ether oxygens (including phenoxy) is 10. The van der Waals surface area contributed by atoms with Crippen LogP contribution in [-0.2, 0) is 67.2 Å². The molecule has 10 heteroatoms. The molecule has 2 saturated heterocycles. The molecule has 0 N–H and O–H groups in total. The van der Waals surface area contributed by atoms with Gasteiger partial charge in [-0.15, -0.1) is 0 Å². The molecule has 260 valence electrons. The Balaban J connectivity index is 1.41. The van der Waals surface area contributed by atoms with Gasteiger partial charge in [-0.05, 0) is 16.7 Å². The Bertz CT molecular complexity index is 1340. The third-order valence-electron chi connectivity index (χ3n) is 8.58. The number of rotatable bonds is 17. The summed E-state index contributed by atoms with van der Waals surface area (Å²) < 4.78 is 61.9. The monoisotopic (exact) mass is 664 g/mol. The standard InChI is InChI=1S/C38H48O10/c1-26-32(40-3)33(41-4)30(24-39-2)47-37(26)46-25-31-34(43-21-27-15-9-6-10-16-27)35(44-22-28-17-11-7-12-18-28)36(38(42-5)48-31)45-23-29-19-13-8-14-20-29/h6-20,30-38H,1,21-25H2,2-5H3/t30-,31-,32-,33+,34-,35+,36-,37+,38+/m1/s1. The lowest BCUT2D eigenvalue weighted by Crippen LogP contribution is -2.62. The minimum absolute atomic E-state index is 0.0768. The number of hydrogen-bond acceptors (Lipinski definition) is 10. The van der Waals surface area contributed by atoms with Crippen LogP contribution in [0.1, 0.15) is 16.7 Å². The van der Waals surface area contributed by atoms with Crippen molar-refractivity contribution in [3.05, 3.63) is 120 Å². The number of benzene rings is 3. The first kappa shape index (κ1) is 36.3. The fourth-order valence-corrected chi connectivity index (χ4v) is 6.12. The highest BCUT2D eigenvalue weighted by Crippen LogP contribution is 2.33. The van der Waals surface area contributed by atoms with Crippen LogP contribution in [0.3, 0.4) is 0 Å². The first-order valence-corrected chi connectivity index (χ1v) is 16.2. The van der Waals surface area contributed by atoms with Gasteiger partial charge in [0.15, 0.2) is 12.6 Å². The highest BCUT2D eigenvalue weighted by Gasteiger charge is 2.50. The Hall–Kier alpha value is -3.00. The fourth-order valence-electron chi connectivity index (χ4n) is 6.12. The van der Waals surface area contributed by atoms with Gasteiger partial charge < -0.3 is 47.4 Å². The molecule has 0 radical (unpaired) electrons. The van der Waals surface area contributed by atoms with E-state index in [4.69, 9.17) is 47.4 Å². The maximum atomic E-state index is 6.69. The summed E-state index contributed by atoms with van der Waals surface area (Å²) in [5, 5.41) is 0. The minimum atomic E-state index is -0.809. The Morgan fingerprint density at radius 1 is 0.521 bits per heavy atom. The predicted octanol–water partition coefficient (Wildman–Crippen LogP) is 5.09. The molecule has 5 rings (SSSR count). The van der Waals surface area contributed by atoms with Crippen LogP contribution in [0.25, 0.3) is 0 Å². The highest BCUT2D eigenvalue weighted by atomic mass is 16.7. The molecule has 0 amide bonds. The largest absolute Gasteiger partial charge is 0.382 e. The lowest BCUT2D eigenvalue weighted by molar-refractivity contribution is -0.329. The number of hydrogen-bond donors (Lipinski definition) is 0. The van der Waals surface area contributed by atoms with Gasteiger partial charge in [-0.2, -0.15) is 0 Å². The van der Waals surface area contributed by atoms with Gasteiger partial charge in [0.2, 0.25) is 0 Å². The van der Waals surface area contributed by atoms with Crippen LogP contribution in [0.4, 0.5) is 0 Å². The van der Waals surface area contributed by atoms with E-state index in [2.05, 4.69) is 6.58 Å². The zero-order valence-electron chi connectivity index (χ0n) is 28.2. The average molecular weight is 665 g/mol. The zero-order chi connectivity index (χ0) is 33.7. The maximum absolute atomic E-state index is 6.69. The van der Waals surface area contributed by atoms with E-state index in [9.17, 15) is 0 Å². The second kappa shape index (κ2) is 18.7. The molecule has 9 atom stereocenters. The van der Waals surface area contributed by atoms with Crippen molar-refractivity contribution in [3.63, 3.8) is 0 Å². The van der Waals surface area contributed by atoms with Gasteiger partial charge in [-0.3, -0.25) is 0 Å². The van der Waals surface area contributed by atoms with E-state index in [1.807, 2.05) is 91.0 Å². The maximum Gasteiger partial charge on any atom is 0.186 e. The third kappa shape index (κ3) is 9.36. The number of methoxy groups -OCH3 is 4. The molecular formula is C38H48O10. The molecule has 0 aliphatic carbocycles. The normalized spacial score (nSPS) is 29.2. The van der Waals surface area contributed by atoms with E-state index in [0.717, 1.165) is 16.7 Å². The Morgan fingerprint density at radius 3 is 1.50 bits per heavy atom. The Kier molecular flexibility index (Phi) is 14.1. The fraction of sp³-hybridized carbons (Fsp3) is 0.474. The molecule has 0 bridgehead atoms. The summed E-state index contributed by atoms with van der Waals surface area (Å²) >= 11 is 0. The van der Waals surface area contributed by atoms with Crippen LogP contribution >= 0.6 is 0 Å². The SMILES string of the molecule is C=C1[C@@H](OC[C@H]2O[C@H](OC)[C@H](OCc3ccccc3)[C@@H](OCc3ccccc3)[C@@H]2OCc2ccccc2)O[C@H](COC)[C@H](OC)[C@@H]1OC. The van der Waals surface area contributed by atoms with Crippen LogP contribution in [0.2, 0.25) is 0 Å². The van der Waals surface area contributed by atoms with E-state index in [1.165, 1.54) is 0 Å². The van der Waals surface area contributed by atoms with Crippen molar-refractivity contribution in [1.29, 1.82) is 0 Å². The summed E-state index contributed by atoms with van der Waals surface area (Å²) in [7, 11) is 6.42. The van der Waals surface area contributed by atoms with E-state index in [1.54, 1.807) is 28.4 Å². The molecule has 0 unspecified atom stereocenters. The van der Waals surface area contributed by atoms with Gasteiger partial charge in [-0.1, -0.05) is 97.6 Å². The first-order valence-electron chi connectivity index (χ1n) is 16.2. The van der Waals surface area contributed by atoms with E-state index in [-0.39, 0.29) is 13.2 Å². The van der Waals surface area contributed by atoms with Crippen molar-refractivity contribution < 1.29 is 47.4 Å². The van der Waals surface area contributed by atoms with Gasteiger partial charge in [0.1, 0.15) is 42.7 Å². The van der Waals surface area contributed by atoms with Gasteiger partial charge in [0, 0.05) is 34.0 Å². The van der Waals surface area contributed by atoms with Gasteiger partial charge in [0.25, 0.3) is 0 Å². The summed E-state index contributed by atoms with van der Waals surface area (Å²) in [5.74, 6) is 0. The molecule has 0 spiro atoms. The van der Waals surface area contributed by atoms with Crippen LogP contribution in [0, 0.1) is 0 Å². The summed E-state index contributed by atoms with van der Waals surface area (Å²) in [5.41, 5.74) is 3.64.